The van der Waals surface area contributed by atoms with E-state index in [1.54, 1.807) is 11.9 Å². The molecule has 0 radical (unpaired) electrons. The highest BCUT2D eigenvalue weighted by molar-refractivity contribution is 6.40. The van der Waals surface area contributed by atoms with Crippen LogP contribution in [0.4, 0.5) is 5.69 Å². The van der Waals surface area contributed by atoms with Crippen LogP contribution in [0, 0.1) is 5.92 Å². The maximum Gasteiger partial charge on any atom is 0.267 e. The molecule has 1 saturated heterocycles. The van der Waals surface area contributed by atoms with Crippen molar-refractivity contribution < 1.29 is 9.59 Å². The Balaban J connectivity index is 1.57. The number of hydrazone groups is 1. The predicted molar refractivity (Wildman–Crippen MR) is 103 cm³/mol. The number of rotatable bonds is 6. The van der Waals surface area contributed by atoms with E-state index in [0.29, 0.717) is 18.7 Å². The third kappa shape index (κ3) is 4.49. The first kappa shape index (κ1) is 18.6. The largest absolute Gasteiger partial charge is 0.350 e. The van der Waals surface area contributed by atoms with Gasteiger partial charge < -0.3 is 10.2 Å². The molecule has 1 fully saturated rings. The Labute approximate surface area is 155 Å². The molecule has 2 unspecified atom stereocenters. The van der Waals surface area contributed by atoms with Crippen molar-refractivity contribution in [3.8, 4) is 0 Å². The van der Waals surface area contributed by atoms with Crippen LogP contribution in [0.1, 0.15) is 33.1 Å². The molecule has 1 amide bonds. The molecule has 0 spiro atoms. The summed E-state index contributed by atoms with van der Waals surface area (Å²) >= 11 is 0. The van der Waals surface area contributed by atoms with Gasteiger partial charge in [-0.3, -0.25) is 14.6 Å². The Morgan fingerprint density at radius 1 is 1.27 bits per heavy atom. The molecule has 6 nitrogen and oxygen atoms in total. The van der Waals surface area contributed by atoms with Gasteiger partial charge in [-0.1, -0.05) is 25.1 Å². The van der Waals surface area contributed by atoms with Gasteiger partial charge in [0.1, 0.15) is 11.8 Å². The molecule has 2 atom stereocenters. The van der Waals surface area contributed by atoms with Crippen LogP contribution in [-0.2, 0) is 9.59 Å². The van der Waals surface area contributed by atoms with Crippen LogP contribution >= 0.6 is 0 Å². The van der Waals surface area contributed by atoms with E-state index >= 15 is 0 Å². The maximum atomic E-state index is 12.5. The van der Waals surface area contributed by atoms with Gasteiger partial charge in [-0.15, -0.1) is 0 Å². The number of carbonyl (C=O) groups excluding carboxylic acids is 2. The minimum Gasteiger partial charge on any atom is -0.350 e. The molecule has 2 heterocycles. The highest BCUT2D eigenvalue weighted by Gasteiger charge is 2.34. The molecule has 140 valence electrons. The molecule has 0 aliphatic carbocycles. The van der Waals surface area contributed by atoms with E-state index in [4.69, 9.17) is 0 Å². The predicted octanol–water partition coefficient (Wildman–Crippen LogP) is 2.06. The molecular weight excluding hydrogens is 328 g/mol. The highest BCUT2D eigenvalue weighted by atomic mass is 16.2. The zero-order chi connectivity index (χ0) is 18.5. The van der Waals surface area contributed by atoms with Crippen molar-refractivity contribution >= 4 is 23.1 Å². The van der Waals surface area contributed by atoms with Crippen LogP contribution in [0.5, 0.6) is 0 Å². The van der Waals surface area contributed by atoms with Crippen molar-refractivity contribution in [2.45, 2.75) is 39.2 Å². The van der Waals surface area contributed by atoms with Gasteiger partial charge in [-0.2, -0.15) is 5.10 Å². The number of hydrogen-bond donors (Lipinski definition) is 1. The smallest absolute Gasteiger partial charge is 0.267 e. The Morgan fingerprint density at radius 2 is 2.04 bits per heavy atom. The molecule has 1 aromatic rings. The third-order valence-corrected chi connectivity index (χ3v) is 5.12. The van der Waals surface area contributed by atoms with Crippen LogP contribution in [0.25, 0.3) is 0 Å². The minimum atomic E-state index is -0.402. The van der Waals surface area contributed by atoms with E-state index < -0.39 is 6.04 Å². The summed E-state index contributed by atoms with van der Waals surface area (Å²) in [4.78, 5) is 26.9. The summed E-state index contributed by atoms with van der Waals surface area (Å²) in [7, 11) is 0. The molecule has 1 N–H and O–H groups in total. The van der Waals surface area contributed by atoms with Gasteiger partial charge in [-0.25, -0.2) is 0 Å². The zero-order valence-corrected chi connectivity index (χ0v) is 15.6. The number of anilines is 1. The third-order valence-electron chi connectivity index (χ3n) is 5.12. The summed E-state index contributed by atoms with van der Waals surface area (Å²) in [6.45, 7) is 7.51. The fourth-order valence-electron chi connectivity index (χ4n) is 3.70. The first-order chi connectivity index (χ1) is 12.5. The zero-order valence-electron chi connectivity index (χ0n) is 15.6. The monoisotopic (exact) mass is 356 g/mol. The lowest BCUT2D eigenvalue weighted by molar-refractivity contribution is -0.118. The summed E-state index contributed by atoms with van der Waals surface area (Å²) in [5.74, 6) is 0.580. The Kier molecular flexibility index (Phi) is 6.04. The molecule has 2 aliphatic heterocycles. The summed E-state index contributed by atoms with van der Waals surface area (Å²) in [6, 6.07) is 9.12. The number of nitrogens with one attached hydrogen (secondary N) is 1. The van der Waals surface area contributed by atoms with Crippen LogP contribution in [0.15, 0.2) is 35.4 Å². The molecule has 26 heavy (non-hydrogen) atoms. The van der Waals surface area contributed by atoms with E-state index in [1.807, 2.05) is 30.3 Å². The maximum absolute atomic E-state index is 12.5. The number of likely N-dealkylation sites (tertiary alicyclic amines) is 1. The van der Waals surface area contributed by atoms with Crippen LogP contribution in [0.2, 0.25) is 0 Å². The quantitative estimate of drug-likeness (QED) is 0.847. The van der Waals surface area contributed by atoms with Gasteiger partial charge >= 0.3 is 0 Å². The lowest BCUT2D eigenvalue weighted by Crippen LogP contribution is -2.41. The minimum absolute atomic E-state index is 0.0164. The van der Waals surface area contributed by atoms with Gasteiger partial charge in [0.2, 0.25) is 0 Å². The summed E-state index contributed by atoms with van der Waals surface area (Å²) in [5.41, 5.74) is 1.26. The number of para-hydroxylation sites is 1. The molecule has 2 aliphatic rings. The number of ketones is 1. The van der Waals surface area contributed by atoms with Crippen molar-refractivity contribution in [3.63, 3.8) is 0 Å². The average molecular weight is 356 g/mol. The van der Waals surface area contributed by atoms with Gasteiger partial charge in [0.25, 0.3) is 5.91 Å². The number of piperidine rings is 1. The van der Waals surface area contributed by atoms with Crippen molar-refractivity contribution in [1.29, 1.82) is 0 Å². The number of hydrogen-bond acceptors (Lipinski definition) is 5. The van der Waals surface area contributed by atoms with E-state index in [9.17, 15) is 9.59 Å². The average Bonchev–Trinajstić information content (AvgIpc) is 3.08. The summed E-state index contributed by atoms with van der Waals surface area (Å²) in [6.07, 6.45) is 2.88. The number of Topliss-reactive ketones (excluding diaryl/α,β-unsaturated/α-hetero) is 1. The van der Waals surface area contributed by atoms with Gasteiger partial charge in [0.05, 0.1) is 5.69 Å². The fourth-order valence-corrected chi connectivity index (χ4v) is 3.70. The molecule has 6 heteroatoms. The standard InChI is InChI=1S/C20H28N4O2/c1-15-7-6-11-23(14-15)12-10-21-20(26)18-13-19(16(2)25)24(22-18)17-8-4-3-5-9-17/h3-5,8-9,15,19H,6-7,10-14H2,1-2H3,(H,21,26). The van der Waals surface area contributed by atoms with E-state index in [-0.39, 0.29) is 11.7 Å². The molecule has 0 bridgehead atoms. The molecular formula is C20H28N4O2. The first-order valence-corrected chi connectivity index (χ1v) is 9.47. The Bertz CT molecular complexity index is 674. The number of carbonyl (C=O) groups is 2. The normalized spacial score (nSPS) is 23.6. The van der Waals surface area contributed by atoms with E-state index in [2.05, 4.69) is 22.2 Å². The summed E-state index contributed by atoms with van der Waals surface area (Å²) < 4.78 is 0. The lowest BCUT2D eigenvalue weighted by atomic mass is 10.0. The second kappa shape index (κ2) is 8.45. The number of benzene rings is 1. The van der Waals surface area contributed by atoms with Crippen LogP contribution < -0.4 is 10.3 Å². The molecule has 0 saturated carbocycles. The summed E-state index contributed by atoms with van der Waals surface area (Å²) in [5, 5.41) is 9.08. The molecule has 0 aromatic heterocycles. The van der Waals surface area contributed by atoms with Crippen LogP contribution in [-0.4, -0.2) is 54.5 Å². The van der Waals surface area contributed by atoms with Gasteiger partial charge in [0.15, 0.2) is 5.78 Å². The Hall–Kier alpha value is -2.21. The van der Waals surface area contributed by atoms with Gasteiger partial charge in [-0.05, 0) is 44.4 Å². The van der Waals surface area contributed by atoms with Crippen LogP contribution in [0.3, 0.4) is 0 Å². The fraction of sp³-hybridized carbons (Fsp3) is 0.550. The highest BCUT2D eigenvalue weighted by Crippen LogP contribution is 2.25. The van der Waals surface area contributed by atoms with Gasteiger partial charge in [0, 0.05) is 26.1 Å². The van der Waals surface area contributed by atoms with Crippen molar-refractivity contribution in [2.24, 2.45) is 11.0 Å². The van der Waals surface area contributed by atoms with Crippen molar-refractivity contribution in [1.82, 2.24) is 10.2 Å². The Morgan fingerprint density at radius 3 is 2.73 bits per heavy atom. The lowest BCUT2D eigenvalue weighted by Gasteiger charge is -2.30. The topological polar surface area (TPSA) is 65.0 Å². The second-order valence-corrected chi connectivity index (χ2v) is 7.36. The van der Waals surface area contributed by atoms with E-state index in [0.717, 1.165) is 31.2 Å². The first-order valence-electron chi connectivity index (χ1n) is 9.47. The number of amides is 1. The SMILES string of the molecule is CC(=O)C1CC(C(=O)NCCN2CCCC(C)C2)=NN1c1ccccc1. The number of nitrogens with zero attached hydrogens (tertiary/aromatic N) is 3. The molecule has 3 rings (SSSR count). The van der Waals surface area contributed by atoms with Crippen molar-refractivity contribution in [2.75, 3.05) is 31.2 Å². The van der Waals surface area contributed by atoms with Crippen molar-refractivity contribution in [3.05, 3.63) is 30.3 Å². The molecule has 1 aromatic carbocycles. The van der Waals surface area contributed by atoms with E-state index in [1.165, 1.54) is 12.8 Å². The second-order valence-electron chi connectivity index (χ2n) is 7.36.